The smallest absolute Gasteiger partial charge is 0.177 e. The summed E-state index contributed by atoms with van der Waals surface area (Å²) in [6, 6.07) is 5.17. The van der Waals surface area contributed by atoms with Crippen LogP contribution >= 0.6 is 11.6 Å². The lowest BCUT2D eigenvalue weighted by Gasteiger charge is -2.07. The zero-order chi connectivity index (χ0) is 14.8. The quantitative estimate of drug-likeness (QED) is 0.763. The molecule has 0 bridgehead atoms. The second-order valence-corrected chi connectivity index (χ2v) is 6.87. The van der Waals surface area contributed by atoms with E-state index in [2.05, 4.69) is 4.98 Å². The number of aryl methyl sites for hydroxylation is 1. The lowest BCUT2D eigenvalue weighted by molar-refractivity contribution is 0.187. The van der Waals surface area contributed by atoms with Crippen molar-refractivity contribution < 1.29 is 13.2 Å². The Morgan fingerprint density at radius 2 is 2.15 bits per heavy atom. The zero-order valence-electron chi connectivity index (χ0n) is 11.5. The van der Waals surface area contributed by atoms with Gasteiger partial charge in [0.25, 0.3) is 0 Å². The SMILES string of the molecule is COCCn1c(CCCl)nc2c(S(C)(=O)=O)cccc21. The van der Waals surface area contributed by atoms with Gasteiger partial charge in [-0.2, -0.15) is 0 Å². The summed E-state index contributed by atoms with van der Waals surface area (Å²) in [6.07, 6.45) is 1.78. The number of para-hydroxylation sites is 1. The minimum Gasteiger partial charge on any atom is -0.383 e. The van der Waals surface area contributed by atoms with Gasteiger partial charge in [-0.05, 0) is 12.1 Å². The molecule has 0 radical (unpaired) electrons. The average molecular weight is 317 g/mol. The van der Waals surface area contributed by atoms with Crippen LogP contribution in [0.25, 0.3) is 11.0 Å². The second-order valence-electron chi connectivity index (χ2n) is 4.51. The van der Waals surface area contributed by atoms with Gasteiger partial charge in [-0.25, -0.2) is 13.4 Å². The molecular weight excluding hydrogens is 300 g/mol. The molecule has 0 aliphatic carbocycles. The first-order valence-electron chi connectivity index (χ1n) is 6.22. The Morgan fingerprint density at radius 1 is 1.40 bits per heavy atom. The van der Waals surface area contributed by atoms with E-state index in [-0.39, 0.29) is 4.90 Å². The van der Waals surface area contributed by atoms with E-state index in [1.165, 1.54) is 6.26 Å². The molecule has 0 unspecified atom stereocenters. The Morgan fingerprint density at radius 3 is 2.75 bits per heavy atom. The number of nitrogens with zero attached hydrogens (tertiary/aromatic N) is 2. The van der Waals surface area contributed by atoms with Crippen LogP contribution in [0, 0.1) is 0 Å². The summed E-state index contributed by atoms with van der Waals surface area (Å²) in [4.78, 5) is 4.72. The largest absolute Gasteiger partial charge is 0.383 e. The summed E-state index contributed by atoms with van der Waals surface area (Å²) >= 11 is 5.80. The Kier molecular flexibility index (Phi) is 4.67. The normalized spacial score (nSPS) is 12.2. The van der Waals surface area contributed by atoms with E-state index < -0.39 is 9.84 Å². The molecule has 110 valence electrons. The van der Waals surface area contributed by atoms with Gasteiger partial charge < -0.3 is 9.30 Å². The van der Waals surface area contributed by atoms with Crippen LogP contribution in [0.15, 0.2) is 23.1 Å². The highest BCUT2D eigenvalue weighted by atomic mass is 35.5. The van der Waals surface area contributed by atoms with E-state index in [0.717, 1.165) is 11.3 Å². The number of halogens is 1. The fraction of sp³-hybridized carbons (Fsp3) is 0.462. The van der Waals surface area contributed by atoms with Crippen molar-refractivity contribution in [2.24, 2.45) is 0 Å². The van der Waals surface area contributed by atoms with Gasteiger partial charge in [-0.3, -0.25) is 0 Å². The average Bonchev–Trinajstić information content (AvgIpc) is 2.73. The van der Waals surface area contributed by atoms with Crippen molar-refractivity contribution in [1.29, 1.82) is 0 Å². The Hall–Kier alpha value is -1.11. The molecule has 0 saturated heterocycles. The number of methoxy groups -OCH3 is 1. The fourth-order valence-electron chi connectivity index (χ4n) is 2.18. The number of hydrogen-bond acceptors (Lipinski definition) is 4. The molecule has 2 aromatic rings. The highest BCUT2D eigenvalue weighted by Crippen LogP contribution is 2.24. The molecule has 0 N–H and O–H groups in total. The van der Waals surface area contributed by atoms with Crippen molar-refractivity contribution in [3.8, 4) is 0 Å². The second kappa shape index (κ2) is 6.11. The summed E-state index contributed by atoms with van der Waals surface area (Å²) in [5.41, 5.74) is 1.30. The minimum atomic E-state index is -3.31. The van der Waals surface area contributed by atoms with E-state index in [1.807, 2.05) is 10.6 Å². The van der Waals surface area contributed by atoms with Crippen LogP contribution in [-0.4, -0.2) is 43.8 Å². The van der Waals surface area contributed by atoms with Crippen molar-refractivity contribution in [3.05, 3.63) is 24.0 Å². The van der Waals surface area contributed by atoms with Crippen LogP contribution in [0.1, 0.15) is 5.82 Å². The van der Waals surface area contributed by atoms with Crippen molar-refractivity contribution in [1.82, 2.24) is 9.55 Å². The number of fused-ring (bicyclic) bond motifs is 1. The number of sulfone groups is 1. The molecule has 0 aliphatic heterocycles. The third kappa shape index (κ3) is 2.97. The van der Waals surface area contributed by atoms with Gasteiger partial charge in [0.1, 0.15) is 11.3 Å². The predicted molar refractivity (Wildman–Crippen MR) is 79.1 cm³/mol. The lowest BCUT2D eigenvalue weighted by atomic mass is 10.3. The van der Waals surface area contributed by atoms with Crippen molar-refractivity contribution in [2.75, 3.05) is 25.9 Å². The maximum atomic E-state index is 11.8. The minimum absolute atomic E-state index is 0.252. The first-order chi connectivity index (χ1) is 9.49. The first kappa shape index (κ1) is 15.3. The number of imidazole rings is 1. The van der Waals surface area contributed by atoms with Gasteiger partial charge in [-0.15, -0.1) is 11.6 Å². The summed E-state index contributed by atoms with van der Waals surface area (Å²) in [5.74, 6) is 1.22. The van der Waals surface area contributed by atoms with Crippen LogP contribution in [0.3, 0.4) is 0 Å². The summed E-state index contributed by atoms with van der Waals surface area (Å²) < 4.78 is 30.7. The maximum Gasteiger partial charge on any atom is 0.177 e. The molecule has 0 saturated carbocycles. The van der Waals surface area contributed by atoms with Gasteiger partial charge in [0, 0.05) is 32.2 Å². The van der Waals surface area contributed by atoms with E-state index in [4.69, 9.17) is 16.3 Å². The molecule has 20 heavy (non-hydrogen) atoms. The number of hydrogen-bond donors (Lipinski definition) is 0. The molecule has 0 aliphatic rings. The molecule has 0 atom stereocenters. The first-order valence-corrected chi connectivity index (χ1v) is 8.64. The standard InChI is InChI=1S/C13H17ClN2O3S/c1-19-9-8-16-10-4-3-5-11(20(2,17)18)13(10)15-12(16)6-7-14/h3-5H,6-9H2,1-2H3. The number of benzene rings is 1. The number of alkyl halides is 1. The van der Waals surface area contributed by atoms with Crippen LogP contribution < -0.4 is 0 Å². The third-order valence-corrected chi connectivity index (χ3v) is 4.37. The molecule has 1 heterocycles. The number of rotatable bonds is 6. The van der Waals surface area contributed by atoms with Gasteiger partial charge >= 0.3 is 0 Å². The molecule has 0 fully saturated rings. The Balaban J connectivity index is 2.66. The van der Waals surface area contributed by atoms with Crippen molar-refractivity contribution in [2.45, 2.75) is 17.9 Å². The van der Waals surface area contributed by atoms with Crippen LogP contribution in [0.5, 0.6) is 0 Å². The summed E-state index contributed by atoms with van der Waals surface area (Å²) in [5, 5.41) is 0. The summed E-state index contributed by atoms with van der Waals surface area (Å²) in [6.45, 7) is 1.15. The maximum absolute atomic E-state index is 11.8. The third-order valence-electron chi connectivity index (χ3n) is 3.06. The molecule has 1 aromatic heterocycles. The van der Waals surface area contributed by atoms with Crippen molar-refractivity contribution >= 4 is 32.5 Å². The van der Waals surface area contributed by atoms with Gasteiger partial charge in [-0.1, -0.05) is 6.07 Å². The number of ether oxygens (including phenoxy) is 1. The molecule has 0 amide bonds. The van der Waals surface area contributed by atoms with E-state index in [9.17, 15) is 8.42 Å². The Labute approximate surface area is 123 Å². The van der Waals surface area contributed by atoms with Gasteiger partial charge in [0.05, 0.1) is 17.0 Å². The topological polar surface area (TPSA) is 61.2 Å². The molecule has 5 nitrogen and oxygen atoms in total. The summed E-state index contributed by atoms with van der Waals surface area (Å²) in [7, 11) is -1.68. The van der Waals surface area contributed by atoms with E-state index >= 15 is 0 Å². The monoisotopic (exact) mass is 316 g/mol. The molecular formula is C13H17ClN2O3S. The van der Waals surface area contributed by atoms with Gasteiger partial charge in [0.15, 0.2) is 9.84 Å². The molecule has 2 rings (SSSR count). The molecule has 1 aromatic carbocycles. The van der Waals surface area contributed by atoms with Gasteiger partial charge in [0.2, 0.25) is 0 Å². The van der Waals surface area contributed by atoms with E-state index in [1.54, 1.807) is 19.2 Å². The van der Waals surface area contributed by atoms with Crippen LogP contribution in [0.2, 0.25) is 0 Å². The highest BCUT2D eigenvalue weighted by molar-refractivity contribution is 7.91. The predicted octanol–water partition coefficient (Wildman–Crippen LogP) is 1.87. The molecule has 7 heteroatoms. The van der Waals surface area contributed by atoms with E-state index in [0.29, 0.717) is 31.0 Å². The lowest BCUT2D eigenvalue weighted by Crippen LogP contribution is -2.08. The highest BCUT2D eigenvalue weighted by Gasteiger charge is 2.18. The number of aromatic nitrogens is 2. The van der Waals surface area contributed by atoms with Crippen LogP contribution in [-0.2, 0) is 27.5 Å². The molecule has 0 spiro atoms. The zero-order valence-corrected chi connectivity index (χ0v) is 13.0. The Bertz CT molecular complexity index is 710. The van der Waals surface area contributed by atoms with Crippen LogP contribution in [0.4, 0.5) is 0 Å². The van der Waals surface area contributed by atoms with Crippen molar-refractivity contribution in [3.63, 3.8) is 0 Å². The fourth-order valence-corrected chi connectivity index (χ4v) is 3.17.